The molecule has 0 aromatic heterocycles. The fourth-order valence-corrected chi connectivity index (χ4v) is 6.18. The van der Waals surface area contributed by atoms with Crippen LogP contribution in [0.1, 0.15) is 43.2 Å². The molecular weight excluding hydrogens is 516 g/mol. The third kappa shape index (κ3) is 7.31. The maximum Gasteiger partial charge on any atom is 0.243 e. The quantitative estimate of drug-likeness (QED) is 0.290. The molecule has 8 heteroatoms. The number of fused-ring (bicyclic) bond motifs is 1. The van der Waals surface area contributed by atoms with Gasteiger partial charge < -0.3 is 26.0 Å². The van der Waals surface area contributed by atoms with E-state index >= 15 is 0 Å². The summed E-state index contributed by atoms with van der Waals surface area (Å²) in [7, 11) is 0. The van der Waals surface area contributed by atoms with Gasteiger partial charge in [0.2, 0.25) is 17.7 Å². The van der Waals surface area contributed by atoms with Crippen molar-refractivity contribution in [2.24, 2.45) is 0 Å². The summed E-state index contributed by atoms with van der Waals surface area (Å²) in [6, 6.07) is 22.2. The largest absolute Gasteiger partial charge is 0.394 e. The second-order valence-electron chi connectivity index (χ2n) is 11.2. The number of hydrogen-bond acceptors (Lipinski definition) is 5. The van der Waals surface area contributed by atoms with Crippen molar-refractivity contribution in [2.75, 3.05) is 19.7 Å². The van der Waals surface area contributed by atoms with Gasteiger partial charge in [-0.1, -0.05) is 72.8 Å². The lowest BCUT2D eigenvalue weighted by atomic mass is 9.98. The first kappa shape index (κ1) is 28.8. The molecule has 2 aliphatic heterocycles. The van der Waals surface area contributed by atoms with Crippen LogP contribution in [0, 0.1) is 0 Å². The SMILES string of the molecule is O=C(CC(Cc1ccccc1)NC(=O)C1CCCN1C(=O)C1CCCN1)NC(CO)Cc1cccc2ccccc12. The van der Waals surface area contributed by atoms with E-state index in [2.05, 4.69) is 16.0 Å². The minimum atomic E-state index is -0.525. The number of nitrogens with zero attached hydrogens (tertiary/aromatic N) is 1. The molecule has 0 bridgehead atoms. The Morgan fingerprint density at radius 2 is 1.66 bits per heavy atom. The first-order chi connectivity index (χ1) is 20.0. The van der Waals surface area contributed by atoms with Crippen LogP contribution < -0.4 is 16.0 Å². The predicted octanol–water partition coefficient (Wildman–Crippen LogP) is 2.72. The van der Waals surface area contributed by atoms with E-state index in [1.165, 1.54) is 0 Å². The average molecular weight is 557 g/mol. The normalized spacial score (nSPS) is 20.1. The van der Waals surface area contributed by atoms with Crippen LogP contribution in [0.5, 0.6) is 0 Å². The number of benzene rings is 3. The van der Waals surface area contributed by atoms with E-state index in [9.17, 15) is 19.5 Å². The van der Waals surface area contributed by atoms with Crippen LogP contribution >= 0.6 is 0 Å². The third-order valence-electron chi connectivity index (χ3n) is 8.23. The number of carbonyl (C=O) groups is 3. The summed E-state index contributed by atoms with van der Waals surface area (Å²) >= 11 is 0. The van der Waals surface area contributed by atoms with Crippen molar-refractivity contribution >= 4 is 28.5 Å². The summed E-state index contributed by atoms with van der Waals surface area (Å²) < 4.78 is 0. The lowest BCUT2D eigenvalue weighted by Gasteiger charge is -2.29. The van der Waals surface area contributed by atoms with Crippen molar-refractivity contribution in [3.05, 3.63) is 83.9 Å². The van der Waals surface area contributed by atoms with E-state index in [0.29, 0.717) is 25.8 Å². The highest BCUT2D eigenvalue weighted by Gasteiger charge is 2.38. The number of rotatable bonds is 11. The van der Waals surface area contributed by atoms with E-state index in [0.717, 1.165) is 47.7 Å². The first-order valence-electron chi connectivity index (χ1n) is 14.8. The molecule has 4 N–H and O–H groups in total. The van der Waals surface area contributed by atoms with Crippen LogP contribution in [0.4, 0.5) is 0 Å². The van der Waals surface area contributed by atoms with E-state index < -0.39 is 18.1 Å². The molecule has 2 aliphatic rings. The molecule has 2 heterocycles. The molecule has 4 unspecified atom stereocenters. The highest BCUT2D eigenvalue weighted by Crippen LogP contribution is 2.22. The van der Waals surface area contributed by atoms with Crippen molar-refractivity contribution in [1.82, 2.24) is 20.9 Å². The molecule has 41 heavy (non-hydrogen) atoms. The van der Waals surface area contributed by atoms with Gasteiger partial charge in [-0.15, -0.1) is 0 Å². The van der Waals surface area contributed by atoms with Crippen LogP contribution in [0.15, 0.2) is 72.8 Å². The Balaban J connectivity index is 1.25. The Labute approximate surface area is 241 Å². The van der Waals surface area contributed by atoms with Gasteiger partial charge in [0.05, 0.1) is 18.7 Å². The number of nitrogens with one attached hydrogen (secondary N) is 3. The van der Waals surface area contributed by atoms with Crippen molar-refractivity contribution in [3.63, 3.8) is 0 Å². The number of carbonyl (C=O) groups excluding carboxylic acids is 3. The lowest BCUT2D eigenvalue weighted by Crippen LogP contribution is -2.53. The fourth-order valence-electron chi connectivity index (χ4n) is 6.18. The van der Waals surface area contributed by atoms with E-state index in [1.54, 1.807) is 4.90 Å². The average Bonchev–Trinajstić information content (AvgIpc) is 3.70. The van der Waals surface area contributed by atoms with E-state index in [1.807, 2.05) is 72.8 Å². The summed E-state index contributed by atoms with van der Waals surface area (Å²) in [4.78, 5) is 41.6. The lowest BCUT2D eigenvalue weighted by molar-refractivity contribution is -0.140. The molecule has 216 valence electrons. The molecule has 4 atom stereocenters. The van der Waals surface area contributed by atoms with Crippen LogP contribution in [0.25, 0.3) is 10.8 Å². The number of likely N-dealkylation sites (tertiary alicyclic amines) is 1. The van der Waals surface area contributed by atoms with Crippen molar-refractivity contribution in [3.8, 4) is 0 Å². The zero-order valence-electron chi connectivity index (χ0n) is 23.4. The topological polar surface area (TPSA) is 111 Å². The van der Waals surface area contributed by atoms with Gasteiger partial charge >= 0.3 is 0 Å². The van der Waals surface area contributed by atoms with Crippen LogP contribution in [-0.4, -0.2) is 71.6 Å². The maximum absolute atomic E-state index is 13.5. The van der Waals surface area contributed by atoms with Crippen LogP contribution in [-0.2, 0) is 27.2 Å². The second kappa shape index (κ2) is 13.7. The van der Waals surface area contributed by atoms with Gasteiger partial charge in [-0.3, -0.25) is 14.4 Å². The minimum absolute atomic E-state index is 0.00303. The summed E-state index contributed by atoms with van der Waals surface area (Å²) in [5.74, 6) is -0.450. The zero-order valence-corrected chi connectivity index (χ0v) is 23.4. The van der Waals surface area contributed by atoms with Crippen LogP contribution in [0.3, 0.4) is 0 Å². The highest BCUT2D eigenvalue weighted by molar-refractivity contribution is 5.91. The predicted molar refractivity (Wildman–Crippen MR) is 159 cm³/mol. The van der Waals surface area contributed by atoms with E-state index in [4.69, 9.17) is 0 Å². The molecule has 0 spiro atoms. The molecule has 5 rings (SSSR count). The summed E-state index contributed by atoms with van der Waals surface area (Å²) in [5, 5.41) is 21.7. The van der Waals surface area contributed by atoms with Gasteiger partial charge in [0.1, 0.15) is 6.04 Å². The van der Waals surface area contributed by atoms with Gasteiger partial charge in [0.15, 0.2) is 0 Å². The molecule has 3 aromatic rings. The molecule has 8 nitrogen and oxygen atoms in total. The highest BCUT2D eigenvalue weighted by atomic mass is 16.3. The standard InChI is InChI=1S/C33H40N4O4/c38-22-27(20-25-13-6-12-24-11-4-5-14-28(24)25)35-31(39)21-26(19-23-9-2-1-3-10-23)36-32(40)30-16-8-18-37(30)33(41)29-15-7-17-34-29/h1-6,9-14,26-27,29-30,34,38H,7-8,15-22H2,(H,35,39)(H,36,40). The Bertz CT molecular complexity index is 1340. The molecule has 2 saturated heterocycles. The summed E-state index contributed by atoms with van der Waals surface area (Å²) in [6.07, 6.45) is 4.21. The number of hydrogen-bond donors (Lipinski definition) is 4. The maximum atomic E-state index is 13.5. The number of aliphatic hydroxyl groups is 1. The van der Waals surface area contributed by atoms with Crippen molar-refractivity contribution in [1.29, 1.82) is 0 Å². The molecule has 0 radical (unpaired) electrons. The third-order valence-corrected chi connectivity index (χ3v) is 8.23. The molecule has 2 fully saturated rings. The summed E-state index contributed by atoms with van der Waals surface area (Å²) in [5.41, 5.74) is 2.06. The fraction of sp³-hybridized carbons (Fsp3) is 0.424. The number of aliphatic hydroxyl groups excluding tert-OH is 1. The monoisotopic (exact) mass is 556 g/mol. The van der Waals surface area contributed by atoms with Gasteiger partial charge in [0.25, 0.3) is 0 Å². The summed E-state index contributed by atoms with van der Waals surface area (Å²) in [6.45, 7) is 1.20. The van der Waals surface area contributed by atoms with Crippen molar-refractivity contribution < 1.29 is 19.5 Å². The van der Waals surface area contributed by atoms with E-state index in [-0.39, 0.29) is 36.8 Å². The molecule has 3 amide bonds. The smallest absolute Gasteiger partial charge is 0.243 e. The Hall–Kier alpha value is -3.75. The van der Waals surface area contributed by atoms with Gasteiger partial charge in [-0.25, -0.2) is 0 Å². The Kier molecular flexibility index (Phi) is 9.64. The minimum Gasteiger partial charge on any atom is -0.394 e. The Morgan fingerprint density at radius 3 is 2.44 bits per heavy atom. The molecule has 0 aliphatic carbocycles. The Morgan fingerprint density at radius 1 is 0.878 bits per heavy atom. The molecule has 0 saturated carbocycles. The van der Waals surface area contributed by atoms with Gasteiger partial charge in [0, 0.05) is 19.0 Å². The van der Waals surface area contributed by atoms with Gasteiger partial charge in [-0.2, -0.15) is 0 Å². The molecule has 3 aromatic carbocycles. The van der Waals surface area contributed by atoms with Crippen molar-refractivity contribution in [2.45, 2.75) is 69.1 Å². The van der Waals surface area contributed by atoms with Crippen LogP contribution in [0.2, 0.25) is 0 Å². The second-order valence-corrected chi connectivity index (χ2v) is 11.2. The molecular formula is C33H40N4O4. The zero-order chi connectivity index (χ0) is 28.6. The van der Waals surface area contributed by atoms with Gasteiger partial charge in [-0.05, 0) is 67.0 Å². The number of amides is 3. The first-order valence-corrected chi connectivity index (χ1v) is 14.8.